The molecule has 0 aliphatic heterocycles. The van der Waals surface area contributed by atoms with Crippen LogP contribution in [-0.2, 0) is 18.4 Å². The number of phosphoric acid groups is 1. The van der Waals surface area contributed by atoms with Crippen LogP contribution in [0.2, 0.25) is 0 Å². The van der Waals surface area contributed by atoms with Gasteiger partial charge in [0, 0.05) is 25.0 Å². The summed E-state index contributed by atoms with van der Waals surface area (Å²) in [7, 11) is -4.05. The summed E-state index contributed by atoms with van der Waals surface area (Å²) in [5, 5.41) is 12.1. The lowest BCUT2D eigenvalue weighted by molar-refractivity contribution is -0.123. The predicted molar refractivity (Wildman–Crippen MR) is 84.3 cm³/mol. The Morgan fingerprint density at radius 1 is 1.23 bits per heavy atom. The number of carbonyl (C=O) groups is 1. The number of carbonyl (C=O) groups excluding carboxylic acids is 1. The van der Waals surface area contributed by atoms with E-state index in [1.54, 1.807) is 13.8 Å². The molecule has 0 fully saturated rings. The van der Waals surface area contributed by atoms with Crippen molar-refractivity contribution in [2.75, 3.05) is 19.8 Å². The summed E-state index contributed by atoms with van der Waals surface area (Å²) in [5.74, 6) is -0.232. The molecule has 22 heavy (non-hydrogen) atoms. The molecule has 0 saturated heterocycles. The maximum Gasteiger partial charge on any atom is 0.472 e. The van der Waals surface area contributed by atoms with Gasteiger partial charge < -0.3 is 15.3 Å². The highest BCUT2D eigenvalue weighted by atomic mass is 31.2. The number of phosphoric ester groups is 1. The summed E-state index contributed by atoms with van der Waals surface area (Å²) in [6.45, 7) is 7.38. The van der Waals surface area contributed by atoms with Crippen LogP contribution in [0.1, 0.15) is 47.0 Å². The highest BCUT2D eigenvalue weighted by Crippen LogP contribution is 2.44. The second-order valence-corrected chi connectivity index (χ2v) is 7.31. The highest BCUT2D eigenvalue weighted by molar-refractivity contribution is 7.47. The van der Waals surface area contributed by atoms with Gasteiger partial charge in [0.05, 0.1) is 12.7 Å². The van der Waals surface area contributed by atoms with E-state index >= 15 is 0 Å². The third kappa shape index (κ3) is 11.2. The SMILES string of the molecule is CC(C)OP(=O)(O)OCC(CO)CCCCNC(=O)C(C)C. The molecular formula is C14H30NO6P. The molecule has 0 rings (SSSR count). The van der Waals surface area contributed by atoms with Crippen LogP contribution in [0, 0.1) is 11.8 Å². The molecule has 0 aliphatic carbocycles. The Morgan fingerprint density at radius 2 is 1.86 bits per heavy atom. The molecule has 0 heterocycles. The van der Waals surface area contributed by atoms with Gasteiger partial charge in [-0.2, -0.15) is 0 Å². The molecule has 0 aliphatic rings. The van der Waals surface area contributed by atoms with Crippen LogP contribution in [0.4, 0.5) is 0 Å². The third-order valence-corrected chi connectivity index (χ3v) is 4.10. The monoisotopic (exact) mass is 339 g/mol. The molecule has 0 radical (unpaired) electrons. The molecule has 7 nitrogen and oxygen atoms in total. The van der Waals surface area contributed by atoms with Crippen LogP contribution in [0.25, 0.3) is 0 Å². The lowest BCUT2D eigenvalue weighted by Crippen LogP contribution is -2.28. The van der Waals surface area contributed by atoms with Crippen LogP contribution in [0.15, 0.2) is 0 Å². The van der Waals surface area contributed by atoms with Gasteiger partial charge >= 0.3 is 7.82 Å². The molecule has 0 aromatic heterocycles. The Labute approximate surface area is 133 Å². The summed E-state index contributed by atoms with van der Waals surface area (Å²) in [5.41, 5.74) is 0. The van der Waals surface area contributed by atoms with Crippen molar-refractivity contribution < 1.29 is 28.4 Å². The smallest absolute Gasteiger partial charge is 0.396 e. The zero-order valence-electron chi connectivity index (χ0n) is 13.9. The Kier molecular flexibility index (Phi) is 10.9. The van der Waals surface area contributed by atoms with E-state index in [0.29, 0.717) is 13.0 Å². The minimum absolute atomic E-state index is 0.0223. The first-order chi connectivity index (χ1) is 10.2. The summed E-state index contributed by atoms with van der Waals surface area (Å²) < 4.78 is 21.2. The molecule has 132 valence electrons. The van der Waals surface area contributed by atoms with Crippen molar-refractivity contribution in [1.29, 1.82) is 0 Å². The molecule has 0 aromatic carbocycles. The Morgan fingerprint density at radius 3 is 2.36 bits per heavy atom. The number of amides is 1. The standard InChI is InChI=1S/C14H30NO6P/c1-11(2)14(17)15-8-6-5-7-13(9-16)10-20-22(18,19)21-12(3)4/h11-13,16H,5-10H2,1-4H3,(H,15,17)(H,18,19). The maximum absolute atomic E-state index is 11.5. The highest BCUT2D eigenvalue weighted by Gasteiger charge is 2.24. The van der Waals surface area contributed by atoms with Crippen molar-refractivity contribution >= 4 is 13.7 Å². The third-order valence-electron chi connectivity index (χ3n) is 2.94. The van der Waals surface area contributed by atoms with Gasteiger partial charge in [-0.15, -0.1) is 0 Å². The first kappa shape index (κ1) is 21.5. The lowest BCUT2D eigenvalue weighted by atomic mass is 10.0. The number of hydrogen-bond acceptors (Lipinski definition) is 5. The van der Waals surface area contributed by atoms with Crippen molar-refractivity contribution in [3.8, 4) is 0 Å². The van der Waals surface area contributed by atoms with E-state index in [4.69, 9.17) is 9.05 Å². The van der Waals surface area contributed by atoms with Crippen LogP contribution in [0.5, 0.6) is 0 Å². The van der Waals surface area contributed by atoms with E-state index in [1.165, 1.54) is 0 Å². The van der Waals surface area contributed by atoms with E-state index < -0.39 is 13.9 Å². The van der Waals surface area contributed by atoms with Gasteiger partial charge in [-0.1, -0.05) is 20.3 Å². The zero-order valence-corrected chi connectivity index (χ0v) is 14.8. The quantitative estimate of drug-likeness (QED) is 0.371. The van der Waals surface area contributed by atoms with E-state index in [0.717, 1.165) is 12.8 Å². The van der Waals surface area contributed by atoms with Gasteiger partial charge in [0.1, 0.15) is 0 Å². The van der Waals surface area contributed by atoms with Gasteiger partial charge in [-0.25, -0.2) is 4.57 Å². The lowest BCUT2D eigenvalue weighted by Gasteiger charge is -2.18. The van der Waals surface area contributed by atoms with Crippen molar-refractivity contribution in [3.63, 3.8) is 0 Å². The van der Waals surface area contributed by atoms with Gasteiger partial charge in [0.15, 0.2) is 0 Å². The molecule has 3 N–H and O–H groups in total. The van der Waals surface area contributed by atoms with Gasteiger partial charge in [-0.3, -0.25) is 13.8 Å². The number of aliphatic hydroxyl groups is 1. The average molecular weight is 339 g/mol. The van der Waals surface area contributed by atoms with E-state index in [9.17, 15) is 19.4 Å². The summed E-state index contributed by atoms with van der Waals surface area (Å²) in [6, 6.07) is 0. The molecule has 0 bridgehead atoms. The number of aliphatic hydroxyl groups excluding tert-OH is 1. The van der Waals surface area contributed by atoms with Crippen LogP contribution < -0.4 is 5.32 Å². The molecule has 0 spiro atoms. The second kappa shape index (κ2) is 11.1. The fourth-order valence-electron chi connectivity index (χ4n) is 1.70. The summed E-state index contributed by atoms with van der Waals surface area (Å²) in [6.07, 6.45) is 1.81. The Bertz CT molecular complexity index is 361. The van der Waals surface area contributed by atoms with Gasteiger partial charge in [-0.05, 0) is 26.7 Å². The fraction of sp³-hybridized carbons (Fsp3) is 0.929. The molecule has 2 unspecified atom stereocenters. The van der Waals surface area contributed by atoms with Gasteiger partial charge in [0.2, 0.25) is 5.91 Å². The van der Waals surface area contributed by atoms with Crippen molar-refractivity contribution in [2.24, 2.45) is 11.8 Å². The zero-order chi connectivity index (χ0) is 17.2. The Hall–Kier alpha value is -0.460. The van der Waals surface area contributed by atoms with Crippen LogP contribution >= 0.6 is 7.82 Å². The van der Waals surface area contributed by atoms with Crippen LogP contribution in [0.3, 0.4) is 0 Å². The minimum atomic E-state index is -4.05. The minimum Gasteiger partial charge on any atom is -0.396 e. The first-order valence-electron chi connectivity index (χ1n) is 7.72. The number of rotatable bonds is 12. The summed E-state index contributed by atoms with van der Waals surface area (Å²) >= 11 is 0. The van der Waals surface area contributed by atoms with Crippen molar-refractivity contribution in [3.05, 3.63) is 0 Å². The molecule has 8 heteroatoms. The second-order valence-electron chi connectivity index (χ2n) is 5.91. The maximum atomic E-state index is 11.5. The number of nitrogens with one attached hydrogen (secondary N) is 1. The molecule has 0 aromatic rings. The fourth-order valence-corrected chi connectivity index (χ4v) is 2.69. The number of unbranched alkanes of at least 4 members (excludes halogenated alkanes) is 1. The van der Waals surface area contributed by atoms with Crippen molar-refractivity contribution in [1.82, 2.24) is 5.32 Å². The van der Waals surface area contributed by atoms with E-state index in [-0.39, 0.29) is 31.0 Å². The van der Waals surface area contributed by atoms with Gasteiger partial charge in [0.25, 0.3) is 0 Å². The first-order valence-corrected chi connectivity index (χ1v) is 9.21. The molecule has 0 saturated carbocycles. The van der Waals surface area contributed by atoms with Crippen LogP contribution in [-0.4, -0.2) is 41.8 Å². The number of hydrogen-bond donors (Lipinski definition) is 3. The van der Waals surface area contributed by atoms with Crippen molar-refractivity contribution in [2.45, 2.75) is 53.1 Å². The summed E-state index contributed by atoms with van der Waals surface area (Å²) in [4.78, 5) is 20.8. The molecule has 1 amide bonds. The molecule has 2 atom stereocenters. The van der Waals surface area contributed by atoms with E-state index in [1.807, 2.05) is 13.8 Å². The predicted octanol–water partition coefficient (Wildman–Crippen LogP) is 2.08. The van der Waals surface area contributed by atoms with E-state index in [2.05, 4.69) is 5.32 Å². The Balaban J connectivity index is 3.89. The molecular weight excluding hydrogens is 309 g/mol. The normalized spacial score (nSPS) is 15.8. The average Bonchev–Trinajstić information content (AvgIpc) is 2.39. The largest absolute Gasteiger partial charge is 0.472 e. The topological polar surface area (TPSA) is 105 Å².